The van der Waals surface area contributed by atoms with E-state index >= 15 is 0 Å². The predicted octanol–water partition coefficient (Wildman–Crippen LogP) is 6.31. The average Bonchev–Trinajstić information content (AvgIpc) is 2.98. The Balaban J connectivity index is 1.49. The summed E-state index contributed by atoms with van der Waals surface area (Å²) in [6.45, 7) is 5.76. The third-order valence-corrected chi connectivity index (χ3v) is 8.93. The topological polar surface area (TPSA) is 97.3 Å². The number of rotatable bonds is 11. The molecule has 0 saturated heterocycles. The first-order valence-corrected chi connectivity index (χ1v) is 15.3. The smallest absolute Gasteiger partial charge is 0.264 e. The van der Waals surface area contributed by atoms with E-state index in [2.05, 4.69) is 26.5 Å². The van der Waals surface area contributed by atoms with E-state index < -0.39 is 22.5 Å². The van der Waals surface area contributed by atoms with Gasteiger partial charge >= 0.3 is 0 Å². The van der Waals surface area contributed by atoms with Crippen molar-refractivity contribution in [2.75, 3.05) is 18.0 Å². The first kappa shape index (κ1) is 30.8. The maximum atomic E-state index is 13.5. The molecule has 1 N–H and O–H groups in total. The zero-order valence-electron chi connectivity index (χ0n) is 23.8. The van der Waals surface area contributed by atoms with Crippen molar-refractivity contribution in [2.24, 2.45) is 5.10 Å². The number of hydrogen-bond acceptors (Lipinski definition) is 6. The van der Waals surface area contributed by atoms with E-state index in [0.717, 1.165) is 21.0 Å². The molecule has 4 aromatic carbocycles. The second-order valence-electron chi connectivity index (χ2n) is 9.69. The molecule has 1 amide bonds. The van der Waals surface area contributed by atoms with Crippen LogP contribution in [0.1, 0.15) is 27.8 Å². The molecule has 8 nitrogen and oxygen atoms in total. The largest absolute Gasteiger partial charge is 0.493 e. The molecule has 218 valence electrons. The lowest BCUT2D eigenvalue weighted by Crippen LogP contribution is -2.39. The lowest BCUT2D eigenvalue weighted by atomic mass is 10.1. The number of ether oxygens (including phenoxy) is 2. The normalized spacial score (nSPS) is 11.4. The number of nitrogens with zero attached hydrogens (tertiary/aromatic N) is 2. The van der Waals surface area contributed by atoms with Crippen molar-refractivity contribution < 1.29 is 22.7 Å². The summed E-state index contributed by atoms with van der Waals surface area (Å²) in [5.41, 5.74) is 7.57. The minimum Gasteiger partial charge on any atom is -0.493 e. The Hall–Kier alpha value is -4.15. The lowest BCUT2D eigenvalue weighted by molar-refractivity contribution is -0.119. The van der Waals surface area contributed by atoms with Gasteiger partial charge in [0.15, 0.2) is 11.5 Å². The van der Waals surface area contributed by atoms with Gasteiger partial charge in [-0.3, -0.25) is 9.10 Å². The summed E-state index contributed by atoms with van der Waals surface area (Å²) in [5.74, 6) is 0.418. The Morgan fingerprint density at radius 2 is 1.67 bits per heavy atom. The van der Waals surface area contributed by atoms with Crippen molar-refractivity contribution in [3.63, 3.8) is 0 Å². The zero-order chi connectivity index (χ0) is 30.3. The SMILES string of the molecule is COc1cc(/C=N/NC(=O)CN(c2ccc(C)c(C)c2)S(=O)(=O)c2ccccc2)cc(Br)c1OCc1ccc(C)cc1. The molecule has 4 aromatic rings. The van der Waals surface area contributed by atoms with Gasteiger partial charge < -0.3 is 9.47 Å². The second-order valence-corrected chi connectivity index (χ2v) is 12.4. The molecule has 0 fully saturated rings. The number of carbonyl (C=O) groups excluding carboxylic acids is 1. The molecule has 0 aromatic heterocycles. The van der Waals surface area contributed by atoms with Gasteiger partial charge in [0.1, 0.15) is 13.2 Å². The van der Waals surface area contributed by atoms with Crippen molar-refractivity contribution in [1.29, 1.82) is 0 Å². The third-order valence-electron chi connectivity index (χ3n) is 6.56. The molecule has 0 aliphatic carbocycles. The molecule has 0 heterocycles. The van der Waals surface area contributed by atoms with Crippen LogP contribution in [0.2, 0.25) is 0 Å². The molecule has 0 bridgehead atoms. The fourth-order valence-electron chi connectivity index (χ4n) is 4.05. The van der Waals surface area contributed by atoms with Gasteiger partial charge in [0.2, 0.25) is 0 Å². The monoisotopic (exact) mass is 649 g/mol. The standard InChI is InChI=1S/C32H32BrN3O5S/c1-22-10-13-25(14-11-22)21-41-32-29(33)17-26(18-30(32)40-4)19-34-35-31(37)20-36(27-15-12-23(2)24(3)16-27)42(38,39)28-8-6-5-7-9-28/h5-19H,20-21H2,1-4H3,(H,35,37)/b34-19+. The van der Waals surface area contributed by atoms with Gasteiger partial charge in [0.05, 0.1) is 28.4 Å². The van der Waals surface area contributed by atoms with Crippen molar-refractivity contribution >= 4 is 43.8 Å². The van der Waals surface area contributed by atoms with E-state index in [1.165, 1.54) is 31.0 Å². The quantitative estimate of drug-likeness (QED) is 0.152. The Labute approximate surface area is 255 Å². The van der Waals surface area contributed by atoms with Gasteiger partial charge in [-0.15, -0.1) is 0 Å². The van der Waals surface area contributed by atoms with Crippen LogP contribution in [-0.4, -0.2) is 34.2 Å². The summed E-state index contributed by atoms with van der Waals surface area (Å²) in [7, 11) is -2.48. The highest BCUT2D eigenvalue weighted by Crippen LogP contribution is 2.37. The van der Waals surface area contributed by atoms with Gasteiger partial charge in [-0.1, -0.05) is 54.1 Å². The molecule has 0 atom stereocenters. The number of benzene rings is 4. The lowest BCUT2D eigenvalue weighted by Gasteiger charge is -2.24. The van der Waals surface area contributed by atoms with Crippen molar-refractivity contribution in [2.45, 2.75) is 32.3 Å². The van der Waals surface area contributed by atoms with Crippen LogP contribution >= 0.6 is 15.9 Å². The highest BCUT2D eigenvalue weighted by atomic mass is 79.9. The zero-order valence-corrected chi connectivity index (χ0v) is 26.2. The minimum atomic E-state index is -4.02. The van der Waals surface area contributed by atoms with Crippen molar-refractivity contribution in [3.05, 3.63) is 117 Å². The maximum absolute atomic E-state index is 13.5. The fraction of sp³-hybridized carbons (Fsp3) is 0.188. The van der Waals surface area contributed by atoms with Gasteiger partial charge in [-0.05, 0) is 95.4 Å². The van der Waals surface area contributed by atoms with E-state index in [0.29, 0.717) is 33.8 Å². The molecular formula is C32H32BrN3O5S. The Morgan fingerprint density at radius 1 is 0.952 bits per heavy atom. The molecule has 0 aliphatic rings. The van der Waals surface area contributed by atoms with Gasteiger partial charge in [-0.25, -0.2) is 13.8 Å². The maximum Gasteiger partial charge on any atom is 0.264 e. The number of amides is 1. The van der Waals surface area contributed by atoms with Crippen LogP contribution in [0.4, 0.5) is 5.69 Å². The molecule has 0 saturated carbocycles. The van der Waals surface area contributed by atoms with E-state index in [-0.39, 0.29) is 4.90 Å². The van der Waals surface area contributed by atoms with Crippen LogP contribution in [0.5, 0.6) is 11.5 Å². The van der Waals surface area contributed by atoms with E-state index in [4.69, 9.17) is 9.47 Å². The highest BCUT2D eigenvalue weighted by molar-refractivity contribution is 9.10. The molecule has 42 heavy (non-hydrogen) atoms. The van der Waals surface area contributed by atoms with Gasteiger partial charge in [0, 0.05) is 0 Å². The number of hydrazone groups is 1. The number of methoxy groups -OCH3 is 1. The van der Waals surface area contributed by atoms with Crippen LogP contribution < -0.4 is 19.2 Å². The summed E-state index contributed by atoms with van der Waals surface area (Å²) in [6.07, 6.45) is 1.45. The fourth-order valence-corrected chi connectivity index (χ4v) is 6.06. The Kier molecular flexibility index (Phi) is 10.0. The molecular weight excluding hydrogens is 618 g/mol. The number of sulfonamides is 1. The van der Waals surface area contributed by atoms with Crippen molar-refractivity contribution in [1.82, 2.24) is 5.43 Å². The molecule has 4 rings (SSSR count). The summed E-state index contributed by atoms with van der Waals surface area (Å²) in [4.78, 5) is 13.0. The second kappa shape index (κ2) is 13.7. The summed E-state index contributed by atoms with van der Waals surface area (Å²) >= 11 is 3.53. The van der Waals surface area contributed by atoms with Crippen LogP contribution in [0, 0.1) is 20.8 Å². The molecule has 10 heteroatoms. The summed E-state index contributed by atoms with van der Waals surface area (Å²) in [6, 6.07) is 24.8. The summed E-state index contributed by atoms with van der Waals surface area (Å²) < 4.78 is 40.3. The number of carbonyl (C=O) groups is 1. The van der Waals surface area contributed by atoms with Gasteiger partial charge in [-0.2, -0.15) is 5.10 Å². The summed E-state index contributed by atoms with van der Waals surface area (Å²) in [5, 5.41) is 4.06. The first-order valence-electron chi connectivity index (χ1n) is 13.1. The number of halogens is 1. The average molecular weight is 651 g/mol. The predicted molar refractivity (Wildman–Crippen MR) is 169 cm³/mol. The van der Waals surface area contributed by atoms with Gasteiger partial charge in [0.25, 0.3) is 15.9 Å². The van der Waals surface area contributed by atoms with Crippen LogP contribution in [-0.2, 0) is 21.4 Å². The number of hydrogen-bond donors (Lipinski definition) is 1. The van der Waals surface area contributed by atoms with Crippen molar-refractivity contribution in [3.8, 4) is 11.5 Å². The van der Waals surface area contributed by atoms with Crippen LogP contribution in [0.3, 0.4) is 0 Å². The van der Waals surface area contributed by atoms with Crippen LogP contribution in [0.25, 0.3) is 0 Å². The molecule has 0 spiro atoms. The van der Waals surface area contributed by atoms with E-state index in [1.807, 2.05) is 51.1 Å². The number of anilines is 1. The van der Waals surface area contributed by atoms with E-state index in [1.54, 1.807) is 42.5 Å². The molecule has 0 radical (unpaired) electrons. The number of aryl methyl sites for hydroxylation is 3. The van der Waals surface area contributed by atoms with E-state index in [9.17, 15) is 13.2 Å². The molecule has 0 unspecified atom stereocenters. The van der Waals surface area contributed by atoms with Crippen LogP contribution in [0.15, 0.2) is 99.4 Å². The third kappa shape index (κ3) is 7.57. The highest BCUT2D eigenvalue weighted by Gasteiger charge is 2.27. The Bertz CT molecular complexity index is 1690. The molecule has 0 aliphatic heterocycles. The first-order chi connectivity index (χ1) is 20.1. The number of nitrogens with one attached hydrogen (secondary N) is 1. The Morgan fingerprint density at radius 3 is 2.33 bits per heavy atom. The minimum absolute atomic E-state index is 0.0844.